The highest BCUT2D eigenvalue weighted by atomic mass is 19.1. The maximum Gasteiger partial charge on any atom is 0.256 e. The molecule has 0 saturated carbocycles. The first kappa shape index (κ1) is 12.2. The summed E-state index contributed by atoms with van der Waals surface area (Å²) in [5.74, 6) is -0.520. The Hall–Kier alpha value is -2.56. The molecule has 0 radical (unpaired) electrons. The number of anilines is 2. The van der Waals surface area contributed by atoms with Crippen molar-refractivity contribution in [2.24, 2.45) is 0 Å². The van der Waals surface area contributed by atoms with Crippen molar-refractivity contribution in [2.45, 2.75) is 19.8 Å². The number of nitrogens with two attached hydrogens (primary N) is 1. The molecule has 0 bridgehead atoms. The van der Waals surface area contributed by atoms with Crippen molar-refractivity contribution >= 4 is 28.4 Å². The predicted molar refractivity (Wildman–Crippen MR) is 80.1 cm³/mol. The molecule has 2 aliphatic rings. The van der Waals surface area contributed by atoms with Crippen LogP contribution in [0, 0.1) is 12.7 Å². The number of aryl methyl sites for hydroxylation is 1. The number of hydrogen-bond acceptors (Lipinski definition) is 2. The lowest BCUT2D eigenvalue weighted by molar-refractivity contribution is -0.110. The lowest BCUT2D eigenvalue weighted by atomic mass is 9.99. The number of aromatic nitrogens is 1. The van der Waals surface area contributed by atoms with Crippen LogP contribution in [0.3, 0.4) is 0 Å². The van der Waals surface area contributed by atoms with Crippen molar-refractivity contribution in [3.05, 3.63) is 46.5 Å². The Balaban J connectivity index is 1.98. The Morgan fingerprint density at radius 1 is 1.29 bits per heavy atom. The van der Waals surface area contributed by atoms with Gasteiger partial charge in [-0.2, -0.15) is 0 Å². The maximum absolute atomic E-state index is 13.5. The van der Waals surface area contributed by atoms with E-state index in [-0.39, 0.29) is 11.7 Å². The molecule has 0 unspecified atom stereocenters. The molecule has 5 heteroatoms. The smallest absolute Gasteiger partial charge is 0.256 e. The first-order valence-corrected chi connectivity index (χ1v) is 6.88. The number of nitrogen functional groups attached to an aromatic ring is 1. The molecule has 106 valence electrons. The van der Waals surface area contributed by atoms with Gasteiger partial charge in [-0.3, -0.25) is 4.79 Å². The maximum atomic E-state index is 13.5. The standard InChI is InChI=1S/C16H14FN3O/c1-7-14(18)10-4-3-9(15(10)19-7)13-11-6-8(17)2-5-12(11)20-16(13)21/h2,5-6,19H,3-4,18H2,1H3,(H,20,21)/b13-9-. The van der Waals surface area contributed by atoms with E-state index in [1.807, 2.05) is 6.92 Å². The summed E-state index contributed by atoms with van der Waals surface area (Å²) in [5, 5.41) is 2.80. The summed E-state index contributed by atoms with van der Waals surface area (Å²) in [6.45, 7) is 1.91. The molecule has 1 aromatic carbocycles. The number of H-pyrrole nitrogens is 1. The number of benzene rings is 1. The van der Waals surface area contributed by atoms with Crippen LogP contribution in [-0.2, 0) is 11.2 Å². The quantitative estimate of drug-likeness (QED) is 0.651. The van der Waals surface area contributed by atoms with Gasteiger partial charge in [-0.15, -0.1) is 0 Å². The molecule has 0 spiro atoms. The van der Waals surface area contributed by atoms with Crippen LogP contribution in [0.15, 0.2) is 18.2 Å². The molecule has 2 heterocycles. The van der Waals surface area contributed by atoms with E-state index in [0.717, 1.165) is 41.1 Å². The summed E-state index contributed by atoms with van der Waals surface area (Å²) in [4.78, 5) is 15.6. The van der Waals surface area contributed by atoms with E-state index in [2.05, 4.69) is 10.3 Å². The van der Waals surface area contributed by atoms with E-state index in [1.54, 1.807) is 6.07 Å². The molecule has 1 aromatic heterocycles. The number of hydrogen-bond donors (Lipinski definition) is 3. The number of carbonyl (C=O) groups excluding carboxylic acids is 1. The van der Waals surface area contributed by atoms with Gasteiger partial charge in [-0.25, -0.2) is 4.39 Å². The first-order valence-electron chi connectivity index (χ1n) is 6.88. The molecule has 4 nitrogen and oxygen atoms in total. The van der Waals surface area contributed by atoms with Gasteiger partial charge >= 0.3 is 0 Å². The van der Waals surface area contributed by atoms with E-state index < -0.39 is 0 Å². The number of nitrogens with one attached hydrogen (secondary N) is 2. The van der Waals surface area contributed by atoms with Gasteiger partial charge in [0.2, 0.25) is 0 Å². The fourth-order valence-corrected chi connectivity index (χ4v) is 3.27. The van der Waals surface area contributed by atoms with Gasteiger partial charge in [0.25, 0.3) is 5.91 Å². The zero-order valence-corrected chi connectivity index (χ0v) is 11.5. The normalized spacial score (nSPS) is 19.6. The zero-order valence-electron chi connectivity index (χ0n) is 11.5. The van der Waals surface area contributed by atoms with Crippen molar-refractivity contribution in [1.82, 2.24) is 4.98 Å². The second kappa shape index (κ2) is 3.97. The van der Waals surface area contributed by atoms with Crippen LogP contribution in [-0.4, -0.2) is 10.9 Å². The van der Waals surface area contributed by atoms with Crippen molar-refractivity contribution in [2.75, 3.05) is 11.1 Å². The molecule has 4 N–H and O–H groups in total. The molecular weight excluding hydrogens is 269 g/mol. The number of halogens is 1. The van der Waals surface area contributed by atoms with E-state index in [9.17, 15) is 9.18 Å². The second-order valence-corrected chi connectivity index (χ2v) is 5.51. The van der Waals surface area contributed by atoms with Gasteiger partial charge in [0.05, 0.1) is 11.3 Å². The summed E-state index contributed by atoms with van der Waals surface area (Å²) in [7, 11) is 0. The number of carbonyl (C=O) groups is 1. The zero-order chi connectivity index (χ0) is 14.7. The summed E-state index contributed by atoms with van der Waals surface area (Å²) in [6, 6.07) is 4.36. The Kier molecular flexibility index (Phi) is 2.31. The fraction of sp³-hybridized carbons (Fsp3) is 0.188. The SMILES string of the molecule is Cc1[nH]c2c(c1N)CC/C2=C1/C(=O)Nc2ccc(F)cc21. The minimum absolute atomic E-state index is 0.177. The highest BCUT2D eigenvalue weighted by Gasteiger charge is 2.32. The minimum atomic E-state index is -0.344. The molecule has 1 aliphatic carbocycles. The predicted octanol–water partition coefficient (Wildman–Crippen LogP) is 2.85. The van der Waals surface area contributed by atoms with Gasteiger partial charge in [0.15, 0.2) is 0 Å². The van der Waals surface area contributed by atoms with E-state index in [0.29, 0.717) is 16.8 Å². The monoisotopic (exact) mass is 283 g/mol. The molecule has 0 saturated heterocycles. The van der Waals surface area contributed by atoms with Crippen molar-refractivity contribution < 1.29 is 9.18 Å². The largest absolute Gasteiger partial charge is 0.397 e. The average molecular weight is 283 g/mol. The summed E-state index contributed by atoms with van der Waals surface area (Å²) >= 11 is 0. The first-order chi connectivity index (χ1) is 10.1. The third-order valence-corrected chi connectivity index (χ3v) is 4.30. The van der Waals surface area contributed by atoms with Crippen LogP contribution >= 0.6 is 0 Å². The van der Waals surface area contributed by atoms with Crippen LogP contribution in [0.1, 0.15) is 28.9 Å². The number of allylic oxidation sites excluding steroid dienone is 1. The van der Waals surface area contributed by atoms with Gasteiger partial charge < -0.3 is 16.0 Å². The molecule has 1 amide bonds. The molecule has 4 rings (SSSR count). The summed E-state index contributed by atoms with van der Waals surface area (Å²) in [5.41, 5.74) is 12.5. The number of rotatable bonds is 0. The van der Waals surface area contributed by atoms with Gasteiger partial charge in [0, 0.05) is 28.2 Å². The van der Waals surface area contributed by atoms with E-state index in [1.165, 1.54) is 12.1 Å². The van der Waals surface area contributed by atoms with Crippen LogP contribution in [0.25, 0.3) is 11.1 Å². The number of amides is 1. The van der Waals surface area contributed by atoms with Crippen LogP contribution < -0.4 is 11.1 Å². The van der Waals surface area contributed by atoms with Crippen LogP contribution in [0.5, 0.6) is 0 Å². The molecule has 0 atom stereocenters. The number of fused-ring (bicyclic) bond motifs is 2. The van der Waals surface area contributed by atoms with Gasteiger partial charge in [-0.05, 0) is 43.5 Å². The Labute approximate surface area is 120 Å². The molecule has 1 aliphatic heterocycles. The van der Waals surface area contributed by atoms with Crippen LogP contribution in [0.4, 0.5) is 15.8 Å². The van der Waals surface area contributed by atoms with Gasteiger partial charge in [0.1, 0.15) is 5.82 Å². The van der Waals surface area contributed by atoms with Crippen molar-refractivity contribution in [3.63, 3.8) is 0 Å². The van der Waals surface area contributed by atoms with Gasteiger partial charge in [-0.1, -0.05) is 0 Å². The van der Waals surface area contributed by atoms with Crippen molar-refractivity contribution in [1.29, 1.82) is 0 Å². The Bertz CT molecular complexity index is 832. The molecule has 2 aromatic rings. The highest BCUT2D eigenvalue weighted by molar-refractivity contribution is 6.37. The average Bonchev–Trinajstić information content (AvgIpc) is 3.05. The van der Waals surface area contributed by atoms with E-state index in [4.69, 9.17) is 5.73 Å². The fourth-order valence-electron chi connectivity index (χ4n) is 3.27. The second-order valence-electron chi connectivity index (χ2n) is 5.51. The topological polar surface area (TPSA) is 70.9 Å². The summed E-state index contributed by atoms with van der Waals surface area (Å²) < 4.78 is 13.5. The molecule has 21 heavy (non-hydrogen) atoms. The number of aromatic amines is 1. The van der Waals surface area contributed by atoms with Crippen molar-refractivity contribution in [3.8, 4) is 0 Å². The minimum Gasteiger partial charge on any atom is -0.397 e. The van der Waals surface area contributed by atoms with Crippen LogP contribution in [0.2, 0.25) is 0 Å². The summed E-state index contributed by atoms with van der Waals surface area (Å²) in [6.07, 6.45) is 1.55. The molecule has 0 fully saturated rings. The molecular formula is C16H14FN3O. The van der Waals surface area contributed by atoms with E-state index >= 15 is 0 Å². The third kappa shape index (κ3) is 1.57. The highest BCUT2D eigenvalue weighted by Crippen LogP contribution is 2.44. The lowest BCUT2D eigenvalue weighted by Gasteiger charge is -2.04. The Morgan fingerprint density at radius 3 is 2.90 bits per heavy atom. The lowest BCUT2D eigenvalue weighted by Crippen LogP contribution is -2.05. The Morgan fingerprint density at radius 2 is 2.10 bits per heavy atom. The third-order valence-electron chi connectivity index (χ3n) is 4.30.